The molecule has 2 N–H and O–H groups in total. The monoisotopic (exact) mass is 351 g/mol. The number of hydrogen-bond donors (Lipinski definition) is 2. The Labute approximate surface area is 158 Å². The first kappa shape index (κ1) is 18.6. The van der Waals surface area contributed by atoms with Crippen LogP contribution >= 0.6 is 0 Å². The van der Waals surface area contributed by atoms with Crippen LogP contribution in [0.2, 0.25) is 0 Å². The maximum Gasteiger partial charge on any atom is 0.121 e. The molecule has 1 aliphatic rings. The van der Waals surface area contributed by atoms with Crippen molar-refractivity contribution in [2.45, 2.75) is 47.1 Å². The number of hydrogen-bond acceptors (Lipinski definition) is 3. The highest BCUT2D eigenvalue weighted by Gasteiger charge is 2.23. The van der Waals surface area contributed by atoms with Crippen molar-refractivity contribution in [2.75, 3.05) is 23.3 Å². The molecule has 1 heterocycles. The molecule has 1 aliphatic heterocycles. The SMILES string of the molecule is Cc1cc(CNc2ccc[c]c2N2CCC(C(C)C)CC2)cc(C)c1O. The number of benzene rings is 2. The summed E-state index contributed by atoms with van der Waals surface area (Å²) in [5, 5.41) is 13.5. The smallest absolute Gasteiger partial charge is 0.121 e. The number of piperidine rings is 1. The van der Waals surface area contributed by atoms with Crippen LogP contribution in [-0.4, -0.2) is 18.2 Å². The van der Waals surface area contributed by atoms with Crippen LogP contribution in [0.25, 0.3) is 0 Å². The third-order valence-electron chi connectivity index (χ3n) is 5.67. The highest BCUT2D eigenvalue weighted by atomic mass is 16.3. The average molecular weight is 352 g/mol. The van der Waals surface area contributed by atoms with Gasteiger partial charge in [-0.05, 0) is 61.3 Å². The molecule has 3 rings (SSSR count). The van der Waals surface area contributed by atoms with E-state index in [4.69, 9.17) is 0 Å². The molecular weight excluding hydrogens is 320 g/mol. The molecule has 3 nitrogen and oxygen atoms in total. The first-order valence-electron chi connectivity index (χ1n) is 9.74. The first-order chi connectivity index (χ1) is 12.5. The summed E-state index contributed by atoms with van der Waals surface area (Å²) in [6, 6.07) is 13.7. The van der Waals surface area contributed by atoms with Crippen LogP contribution in [0.15, 0.2) is 30.3 Å². The summed E-state index contributed by atoms with van der Waals surface area (Å²) in [4.78, 5) is 2.47. The Kier molecular flexibility index (Phi) is 5.75. The zero-order chi connectivity index (χ0) is 18.7. The van der Waals surface area contributed by atoms with Crippen molar-refractivity contribution >= 4 is 11.4 Å². The molecule has 1 fully saturated rings. The standard InChI is InChI=1S/C23H31N2O/c1-16(2)20-9-11-25(12-10-20)22-8-6-5-7-21(22)24-15-19-13-17(3)23(26)18(4)14-19/h5-7,13-14,16,20,24,26H,9-12,15H2,1-4H3. The van der Waals surface area contributed by atoms with Gasteiger partial charge in [0.1, 0.15) is 5.75 Å². The fourth-order valence-corrected chi connectivity index (χ4v) is 3.97. The Morgan fingerprint density at radius 1 is 1.19 bits per heavy atom. The number of nitrogens with one attached hydrogen (secondary N) is 1. The molecule has 1 radical (unpaired) electrons. The number of rotatable bonds is 5. The molecule has 1 saturated heterocycles. The number of phenols is 1. The predicted octanol–water partition coefficient (Wildman–Crippen LogP) is 5.29. The molecule has 0 amide bonds. The van der Waals surface area contributed by atoms with Crippen molar-refractivity contribution < 1.29 is 5.11 Å². The lowest BCUT2D eigenvalue weighted by Crippen LogP contribution is -2.35. The number of aryl methyl sites for hydroxylation is 2. The fraction of sp³-hybridized carbons (Fsp3) is 0.478. The van der Waals surface area contributed by atoms with Crippen LogP contribution in [-0.2, 0) is 6.54 Å². The van der Waals surface area contributed by atoms with Gasteiger partial charge in [-0.3, -0.25) is 0 Å². The van der Waals surface area contributed by atoms with Gasteiger partial charge < -0.3 is 15.3 Å². The first-order valence-corrected chi connectivity index (χ1v) is 9.74. The van der Waals surface area contributed by atoms with Crippen LogP contribution in [0, 0.1) is 31.7 Å². The van der Waals surface area contributed by atoms with E-state index in [0.29, 0.717) is 5.75 Å². The highest BCUT2D eigenvalue weighted by molar-refractivity contribution is 5.69. The number of aromatic hydroxyl groups is 1. The molecule has 0 aliphatic carbocycles. The van der Waals surface area contributed by atoms with Crippen molar-refractivity contribution in [2.24, 2.45) is 11.8 Å². The summed E-state index contributed by atoms with van der Waals surface area (Å²) in [6.45, 7) is 11.5. The molecule has 0 saturated carbocycles. The van der Waals surface area contributed by atoms with E-state index in [1.54, 1.807) is 0 Å². The maximum absolute atomic E-state index is 9.96. The Morgan fingerprint density at radius 3 is 2.46 bits per heavy atom. The fourth-order valence-electron chi connectivity index (χ4n) is 3.97. The third kappa shape index (κ3) is 4.14. The molecule has 0 spiro atoms. The Balaban J connectivity index is 1.70. The Bertz CT molecular complexity index is 723. The van der Waals surface area contributed by atoms with Gasteiger partial charge in [-0.15, -0.1) is 0 Å². The van der Waals surface area contributed by atoms with E-state index < -0.39 is 0 Å². The topological polar surface area (TPSA) is 35.5 Å². The normalized spacial score (nSPS) is 15.5. The highest BCUT2D eigenvalue weighted by Crippen LogP contribution is 2.32. The van der Waals surface area contributed by atoms with Crippen molar-refractivity contribution in [1.82, 2.24) is 0 Å². The molecule has 2 aromatic rings. The molecular formula is C23H31N2O. The summed E-state index contributed by atoms with van der Waals surface area (Å²) in [5.41, 5.74) is 5.36. The van der Waals surface area contributed by atoms with Crippen LogP contribution < -0.4 is 10.2 Å². The maximum atomic E-state index is 9.96. The van der Waals surface area contributed by atoms with Gasteiger partial charge in [-0.1, -0.05) is 38.1 Å². The molecule has 0 bridgehead atoms. The van der Waals surface area contributed by atoms with Gasteiger partial charge in [-0.25, -0.2) is 0 Å². The predicted molar refractivity (Wildman–Crippen MR) is 110 cm³/mol. The van der Waals surface area contributed by atoms with Crippen molar-refractivity contribution in [3.05, 3.63) is 53.1 Å². The summed E-state index contributed by atoms with van der Waals surface area (Å²) >= 11 is 0. The van der Waals surface area contributed by atoms with Gasteiger partial charge in [0, 0.05) is 25.7 Å². The molecule has 2 aromatic carbocycles. The van der Waals surface area contributed by atoms with Gasteiger partial charge in [-0.2, -0.15) is 0 Å². The van der Waals surface area contributed by atoms with E-state index in [0.717, 1.165) is 48.3 Å². The van der Waals surface area contributed by atoms with E-state index >= 15 is 0 Å². The van der Waals surface area contributed by atoms with Crippen molar-refractivity contribution in [3.63, 3.8) is 0 Å². The van der Waals surface area contributed by atoms with E-state index in [2.05, 4.69) is 48.3 Å². The van der Waals surface area contributed by atoms with Gasteiger partial charge >= 0.3 is 0 Å². The number of anilines is 2. The molecule has 0 atom stereocenters. The van der Waals surface area contributed by atoms with Crippen molar-refractivity contribution in [3.8, 4) is 5.75 Å². The largest absolute Gasteiger partial charge is 0.507 e. The quantitative estimate of drug-likeness (QED) is 0.768. The summed E-state index contributed by atoms with van der Waals surface area (Å²) in [7, 11) is 0. The van der Waals surface area contributed by atoms with E-state index in [1.165, 1.54) is 24.1 Å². The third-order valence-corrected chi connectivity index (χ3v) is 5.67. The molecule has 26 heavy (non-hydrogen) atoms. The van der Waals surface area contributed by atoms with Gasteiger partial charge in [0.15, 0.2) is 0 Å². The molecule has 139 valence electrons. The minimum absolute atomic E-state index is 0.399. The minimum Gasteiger partial charge on any atom is -0.507 e. The second-order valence-electron chi connectivity index (χ2n) is 7.93. The molecule has 0 aromatic heterocycles. The second-order valence-corrected chi connectivity index (χ2v) is 7.93. The summed E-state index contributed by atoms with van der Waals surface area (Å²) in [5.74, 6) is 2.01. The molecule has 0 unspecified atom stereocenters. The number of phenolic OH excluding ortho intramolecular Hbond substituents is 1. The van der Waals surface area contributed by atoms with E-state index in [-0.39, 0.29) is 0 Å². The lowest BCUT2D eigenvalue weighted by molar-refractivity contribution is 0.311. The van der Waals surface area contributed by atoms with Gasteiger partial charge in [0.2, 0.25) is 0 Å². The van der Waals surface area contributed by atoms with E-state index in [1.807, 2.05) is 26.0 Å². The second kappa shape index (κ2) is 8.03. The minimum atomic E-state index is 0.399. The number of nitrogens with zero attached hydrogens (tertiary/aromatic N) is 1. The van der Waals surface area contributed by atoms with Gasteiger partial charge in [0.25, 0.3) is 0 Å². The van der Waals surface area contributed by atoms with Crippen LogP contribution in [0.1, 0.15) is 43.4 Å². The Morgan fingerprint density at radius 2 is 1.85 bits per heavy atom. The van der Waals surface area contributed by atoms with Crippen LogP contribution in [0.5, 0.6) is 5.75 Å². The lowest BCUT2D eigenvalue weighted by atomic mass is 9.86. The van der Waals surface area contributed by atoms with E-state index in [9.17, 15) is 5.11 Å². The number of para-hydroxylation sites is 1. The molecule has 3 heteroatoms. The van der Waals surface area contributed by atoms with Crippen LogP contribution in [0.4, 0.5) is 11.4 Å². The summed E-state index contributed by atoms with van der Waals surface area (Å²) in [6.07, 6.45) is 2.52. The zero-order valence-corrected chi connectivity index (χ0v) is 16.5. The van der Waals surface area contributed by atoms with Gasteiger partial charge in [0.05, 0.1) is 11.4 Å². The average Bonchev–Trinajstić information content (AvgIpc) is 2.64. The Hall–Kier alpha value is -2.16. The van der Waals surface area contributed by atoms with Crippen molar-refractivity contribution in [1.29, 1.82) is 0 Å². The summed E-state index contributed by atoms with van der Waals surface area (Å²) < 4.78 is 0. The zero-order valence-electron chi connectivity index (χ0n) is 16.5. The lowest BCUT2D eigenvalue weighted by Gasteiger charge is -2.36. The van der Waals surface area contributed by atoms with Crippen LogP contribution in [0.3, 0.4) is 0 Å².